The van der Waals surface area contributed by atoms with Crippen LogP contribution in [-0.2, 0) is 13.0 Å². The molecular formula is C22H26N2OS. The maximum atomic E-state index is 9.53. The van der Waals surface area contributed by atoms with Crippen molar-refractivity contribution in [1.82, 2.24) is 4.57 Å². The largest absolute Gasteiger partial charge is 0.395 e. The molecule has 0 aliphatic heterocycles. The van der Waals surface area contributed by atoms with Crippen LogP contribution in [0.4, 0.5) is 5.69 Å². The molecule has 0 atom stereocenters. The summed E-state index contributed by atoms with van der Waals surface area (Å²) in [6.07, 6.45) is 1.03. The van der Waals surface area contributed by atoms with Gasteiger partial charge < -0.3 is 9.67 Å². The van der Waals surface area contributed by atoms with Crippen molar-refractivity contribution in [3.63, 3.8) is 0 Å². The summed E-state index contributed by atoms with van der Waals surface area (Å²) in [6, 6.07) is 17.0. The van der Waals surface area contributed by atoms with Crippen LogP contribution in [0.1, 0.15) is 37.8 Å². The highest BCUT2D eigenvalue weighted by molar-refractivity contribution is 7.07. The Labute approximate surface area is 159 Å². The molecule has 1 heterocycles. The number of aliphatic hydroxyl groups excluding tert-OH is 1. The lowest BCUT2D eigenvalue weighted by atomic mass is 10.0. The van der Waals surface area contributed by atoms with E-state index in [4.69, 9.17) is 4.99 Å². The van der Waals surface area contributed by atoms with E-state index in [2.05, 4.69) is 79.2 Å². The second kappa shape index (κ2) is 8.47. The van der Waals surface area contributed by atoms with E-state index in [0.717, 1.165) is 28.2 Å². The highest BCUT2D eigenvalue weighted by Crippen LogP contribution is 2.24. The minimum Gasteiger partial charge on any atom is -0.395 e. The molecule has 0 unspecified atom stereocenters. The zero-order valence-corrected chi connectivity index (χ0v) is 16.5. The standard InChI is InChI=1S/C22H26N2OS/c1-4-17-5-11-20(12-6-17)23-22-24(13-14-25)21(15-26-22)19-9-7-18(8-10-19)16(2)3/h5-12,15-16,25H,4,13-14H2,1-3H3. The Morgan fingerprint density at radius 1 is 1.04 bits per heavy atom. The molecule has 3 rings (SSSR count). The summed E-state index contributed by atoms with van der Waals surface area (Å²) in [5.41, 5.74) is 5.84. The van der Waals surface area contributed by atoms with E-state index in [9.17, 15) is 5.11 Å². The van der Waals surface area contributed by atoms with Crippen LogP contribution in [0.3, 0.4) is 0 Å². The zero-order chi connectivity index (χ0) is 18.5. The van der Waals surface area contributed by atoms with E-state index in [-0.39, 0.29) is 6.61 Å². The van der Waals surface area contributed by atoms with Crippen LogP contribution < -0.4 is 4.80 Å². The van der Waals surface area contributed by atoms with E-state index in [1.165, 1.54) is 11.1 Å². The van der Waals surface area contributed by atoms with E-state index >= 15 is 0 Å². The highest BCUT2D eigenvalue weighted by Gasteiger charge is 2.09. The van der Waals surface area contributed by atoms with Crippen LogP contribution >= 0.6 is 11.3 Å². The highest BCUT2D eigenvalue weighted by atomic mass is 32.1. The maximum Gasteiger partial charge on any atom is 0.190 e. The molecular weight excluding hydrogens is 340 g/mol. The predicted octanol–water partition coefficient (Wildman–Crippen LogP) is 5.13. The first-order chi connectivity index (χ1) is 12.6. The Morgan fingerprint density at radius 2 is 1.73 bits per heavy atom. The van der Waals surface area contributed by atoms with Crippen LogP contribution in [0.15, 0.2) is 58.9 Å². The van der Waals surface area contributed by atoms with Crippen molar-refractivity contribution in [2.45, 2.75) is 39.7 Å². The van der Waals surface area contributed by atoms with Crippen molar-refractivity contribution in [3.8, 4) is 11.3 Å². The number of aromatic nitrogens is 1. The summed E-state index contributed by atoms with van der Waals surface area (Å²) in [7, 11) is 0. The zero-order valence-electron chi connectivity index (χ0n) is 15.6. The van der Waals surface area contributed by atoms with Gasteiger partial charge in [0.15, 0.2) is 4.80 Å². The minimum absolute atomic E-state index is 0.0930. The summed E-state index contributed by atoms with van der Waals surface area (Å²) in [4.78, 5) is 5.71. The number of nitrogens with zero attached hydrogens (tertiary/aromatic N) is 2. The Balaban J connectivity index is 2.01. The smallest absolute Gasteiger partial charge is 0.190 e. The molecule has 3 nitrogen and oxygen atoms in total. The van der Waals surface area contributed by atoms with Gasteiger partial charge in [-0.3, -0.25) is 0 Å². The molecule has 1 aromatic heterocycles. The molecule has 0 spiro atoms. The second-order valence-corrected chi connectivity index (χ2v) is 7.52. The van der Waals surface area contributed by atoms with Gasteiger partial charge in [0.1, 0.15) is 0 Å². The van der Waals surface area contributed by atoms with Gasteiger partial charge >= 0.3 is 0 Å². The molecule has 3 aromatic rings. The molecule has 4 heteroatoms. The molecule has 26 heavy (non-hydrogen) atoms. The normalized spacial score (nSPS) is 12.1. The molecule has 1 N–H and O–H groups in total. The maximum absolute atomic E-state index is 9.53. The summed E-state index contributed by atoms with van der Waals surface area (Å²) in [6.45, 7) is 7.18. The molecule has 0 bridgehead atoms. The molecule has 0 fully saturated rings. The Bertz CT molecular complexity index is 903. The van der Waals surface area contributed by atoms with Crippen molar-refractivity contribution in [2.75, 3.05) is 6.61 Å². The fourth-order valence-corrected chi connectivity index (χ4v) is 3.88. The Morgan fingerprint density at radius 3 is 2.31 bits per heavy atom. The quantitative estimate of drug-likeness (QED) is 0.645. The minimum atomic E-state index is 0.0930. The van der Waals surface area contributed by atoms with E-state index in [0.29, 0.717) is 12.5 Å². The summed E-state index contributed by atoms with van der Waals surface area (Å²) in [5, 5.41) is 11.7. The van der Waals surface area contributed by atoms with Gasteiger partial charge in [-0.25, -0.2) is 4.99 Å². The molecule has 0 saturated heterocycles. The van der Waals surface area contributed by atoms with Crippen LogP contribution in [0.25, 0.3) is 11.3 Å². The van der Waals surface area contributed by atoms with Crippen molar-refractivity contribution in [1.29, 1.82) is 0 Å². The first kappa shape index (κ1) is 18.6. The molecule has 0 saturated carbocycles. The molecule has 0 radical (unpaired) electrons. The molecule has 0 aliphatic rings. The van der Waals surface area contributed by atoms with Gasteiger partial charge in [-0.05, 0) is 41.2 Å². The summed E-state index contributed by atoms with van der Waals surface area (Å²) < 4.78 is 2.10. The van der Waals surface area contributed by atoms with Gasteiger partial charge in [-0.1, -0.05) is 57.2 Å². The third-order valence-electron chi connectivity index (χ3n) is 4.56. The summed E-state index contributed by atoms with van der Waals surface area (Å²) in [5.74, 6) is 0.521. The number of aryl methyl sites for hydroxylation is 1. The van der Waals surface area contributed by atoms with Gasteiger partial charge in [0.25, 0.3) is 0 Å². The summed E-state index contributed by atoms with van der Waals surface area (Å²) >= 11 is 1.61. The topological polar surface area (TPSA) is 37.5 Å². The van der Waals surface area contributed by atoms with Crippen LogP contribution in [-0.4, -0.2) is 16.3 Å². The average molecular weight is 367 g/mol. The fraction of sp³-hybridized carbons (Fsp3) is 0.318. The lowest BCUT2D eigenvalue weighted by molar-refractivity contribution is 0.275. The van der Waals surface area contributed by atoms with Crippen molar-refractivity contribution >= 4 is 17.0 Å². The second-order valence-electron chi connectivity index (χ2n) is 6.69. The molecule has 2 aromatic carbocycles. The molecule has 0 amide bonds. The van der Waals surface area contributed by atoms with Gasteiger partial charge in [0.2, 0.25) is 0 Å². The van der Waals surface area contributed by atoms with Crippen LogP contribution in [0.5, 0.6) is 0 Å². The number of thiazole rings is 1. The Kier molecular flexibility index (Phi) is 6.07. The van der Waals surface area contributed by atoms with E-state index < -0.39 is 0 Å². The molecule has 0 aliphatic carbocycles. The Hall–Kier alpha value is -2.17. The monoisotopic (exact) mass is 366 g/mol. The first-order valence-corrected chi connectivity index (χ1v) is 10.0. The van der Waals surface area contributed by atoms with Crippen molar-refractivity contribution in [3.05, 3.63) is 69.8 Å². The van der Waals surface area contributed by atoms with Gasteiger partial charge in [0.05, 0.1) is 18.0 Å². The number of hydrogen-bond acceptors (Lipinski definition) is 3. The van der Waals surface area contributed by atoms with E-state index in [1.54, 1.807) is 11.3 Å². The molecule has 136 valence electrons. The lowest BCUT2D eigenvalue weighted by Gasteiger charge is -2.10. The number of rotatable bonds is 6. The SMILES string of the molecule is CCc1ccc(N=c2scc(-c3ccc(C(C)C)cc3)n2CCO)cc1. The number of benzene rings is 2. The third kappa shape index (κ3) is 4.14. The number of aliphatic hydroxyl groups is 1. The lowest BCUT2D eigenvalue weighted by Crippen LogP contribution is -2.17. The van der Waals surface area contributed by atoms with Gasteiger partial charge in [-0.2, -0.15) is 0 Å². The van der Waals surface area contributed by atoms with E-state index in [1.807, 2.05) is 0 Å². The van der Waals surface area contributed by atoms with Gasteiger partial charge in [0, 0.05) is 11.9 Å². The first-order valence-electron chi connectivity index (χ1n) is 9.15. The fourth-order valence-electron chi connectivity index (χ4n) is 2.92. The predicted molar refractivity (Wildman–Crippen MR) is 110 cm³/mol. The number of hydrogen-bond donors (Lipinski definition) is 1. The third-order valence-corrected chi connectivity index (χ3v) is 5.43. The van der Waals surface area contributed by atoms with Crippen LogP contribution in [0.2, 0.25) is 0 Å². The van der Waals surface area contributed by atoms with Crippen LogP contribution in [0, 0.1) is 0 Å². The van der Waals surface area contributed by atoms with Crippen molar-refractivity contribution in [2.24, 2.45) is 4.99 Å². The average Bonchev–Trinajstić information content (AvgIpc) is 3.05. The van der Waals surface area contributed by atoms with Crippen molar-refractivity contribution < 1.29 is 5.11 Å². The van der Waals surface area contributed by atoms with Gasteiger partial charge in [-0.15, -0.1) is 11.3 Å².